The van der Waals surface area contributed by atoms with Crippen LogP contribution in [0.4, 0.5) is 0 Å². The third-order valence-corrected chi connectivity index (χ3v) is 0.204. The molecular weight excluding hydrogens is 72.1 g/mol. The molecule has 0 aliphatic rings. The molecule has 6 heavy (non-hydrogen) atoms. The van der Waals surface area contributed by atoms with Crippen molar-refractivity contribution in [2.45, 2.75) is 28.2 Å². The highest BCUT2D eigenvalue weighted by Gasteiger charge is 1.43. The van der Waals surface area contributed by atoms with E-state index in [0.717, 1.165) is 6.42 Å². The fourth-order valence-corrected chi connectivity index (χ4v) is 0. The van der Waals surface area contributed by atoms with Crippen LogP contribution in [-0.2, 0) is 0 Å². The molecule has 0 radical (unpaired) electrons. The lowest BCUT2D eigenvalue weighted by molar-refractivity contribution is 1.28. The summed E-state index contributed by atoms with van der Waals surface area (Å²) in [6.07, 6.45) is 5.62. The quantitative estimate of drug-likeness (QED) is 0.397. The molecule has 0 fully saturated rings. The molecule has 0 rings (SSSR count). The summed E-state index contributed by atoms with van der Waals surface area (Å²) in [7, 11) is 0. The molecule has 38 valence electrons. The van der Waals surface area contributed by atoms with Crippen molar-refractivity contribution in [3.63, 3.8) is 0 Å². The molecule has 0 nitrogen and oxygen atoms in total. The first-order chi connectivity index (χ1) is 1.91. The average molecular weight is 86.2 g/mol. The zero-order valence-corrected chi connectivity index (χ0v) is 2.78. The summed E-state index contributed by atoms with van der Waals surface area (Å²) in [5.74, 6) is 2.43. The molecule has 0 aromatic carbocycles. The summed E-state index contributed by atoms with van der Waals surface area (Å²) in [6.45, 7) is 1.94. The van der Waals surface area contributed by atoms with Gasteiger partial charge >= 0.3 is 0 Å². The predicted molar refractivity (Wildman–Crippen MR) is 32.6 cm³/mol. The Kier molecular flexibility index (Phi) is 69.8. The lowest BCUT2D eigenvalue weighted by atomic mass is 10.5. The molecule has 0 bridgehead atoms. The zero-order valence-electron chi connectivity index (χ0n) is 2.78. The second-order valence-corrected chi connectivity index (χ2v) is 0.558. The molecule has 0 saturated carbocycles. The minimum atomic E-state index is 0. The van der Waals surface area contributed by atoms with Crippen molar-refractivity contribution in [2.75, 3.05) is 0 Å². The van der Waals surface area contributed by atoms with E-state index in [-0.39, 0.29) is 14.9 Å². The Labute approximate surface area is 41.6 Å². The molecule has 0 saturated heterocycles. The molecule has 0 heterocycles. The van der Waals surface area contributed by atoms with Gasteiger partial charge in [-0.1, -0.05) is 21.8 Å². The summed E-state index contributed by atoms with van der Waals surface area (Å²) >= 11 is 0. The van der Waals surface area contributed by atoms with Gasteiger partial charge in [-0.25, -0.2) is 0 Å². The van der Waals surface area contributed by atoms with E-state index in [1.807, 2.05) is 6.92 Å². The molecule has 0 spiro atoms. The molecule has 0 heteroatoms. The normalized spacial score (nSPS) is 3.33. The van der Waals surface area contributed by atoms with Crippen LogP contribution >= 0.6 is 0 Å². The monoisotopic (exact) mass is 86.1 g/mol. The Bertz CT molecular complexity index is 29.8. The minimum Gasteiger partial charge on any atom is -0.120 e. The van der Waals surface area contributed by atoms with Gasteiger partial charge in [-0.15, -0.1) is 12.3 Å². The molecule has 0 unspecified atom stereocenters. The van der Waals surface area contributed by atoms with E-state index in [2.05, 4.69) is 5.92 Å². The van der Waals surface area contributed by atoms with Gasteiger partial charge in [-0.3, -0.25) is 0 Å². The highest BCUT2D eigenvalue weighted by molar-refractivity contribution is 4.80. The van der Waals surface area contributed by atoms with E-state index in [1.54, 1.807) is 0 Å². The number of terminal acetylenes is 1. The topological polar surface area (TPSA) is 0 Å². The van der Waals surface area contributed by atoms with Crippen LogP contribution in [0.5, 0.6) is 0 Å². The molecular formula is C6H14. The Balaban J connectivity index is -0.0000000450. The Hall–Kier alpha value is -0.440. The smallest absolute Gasteiger partial charge is 0.00576 e. The van der Waals surface area contributed by atoms with Crippen LogP contribution in [-0.4, -0.2) is 0 Å². The maximum atomic E-state index is 4.78. The van der Waals surface area contributed by atoms with Crippen LogP contribution in [0, 0.1) is 12.3 Å². The second kappa shape index (κ2) is 23.7. The highest BCUT2D eigenvalue weighted by Crippen LogP contribution is 1.58. The van der Waals surface area contributed by atoms with E-state index in [9.17, 15) is 0 Å². The summed E-state index contributed by atoms with van der Waals surface area (Å²) in [6, 6.07) is 0. The van der Waals surface area contributed by atoms with Crippen LogP contribution in [0.1, 0.15) is 28.2 Å². The fraction of sp³-hybridized carbons (Fsp3) is 0.667. The Morgan fingerprint density at radius 2 is 1.67 bits per heavy atom. The number of rotatable bonds is 0. The SMILES string of the molecule is C.C.C#CCC. The van der Waals surface area contributed by atoms with Crippen molar-refractivity contribution in [3.05, 3.63) is 0 Å². The van der Waals surface area contributed by atoms with Crippen molar-refractivity contribution in [3.8, 4) is 12.3 Å². The van der Waals surface area contributed by atoms with Crippen LogP contribution in [0.3, 0.4) is 0 Å². The van der Waals surface area contributed by atoms with Crippen molar-refractivity contribution >= 4 is 0 Å². The molecule has 0 aromatic rings. The summed E-state index contributed by atoms with van der Waals surface area (Å²) in [5.41, 5.74) is 0. The fourth-order valence-electron chi connectivity index (χ4n) is 0. The largest absolute Gasteiger partial charge is 0.120 e. The van der Waals surface area contributed by atoms with Gasteiger partial charge in [-0.2, -0.15) is 0 Å². The highest BCUT2D eigenvalue weighted by atomic mass is 13.5. The van der Waals surface area contributed by atoms with E-state index in [4.69, 9.17) is 6.42 Å². The predicted octanol–water partition coefficient (Wildman–Crippen LogP) is 2.30. The molecule has 0 atom stereocenters. The van der Waals surface area contributed by atoms with Gasteiger partial charge in [0.25, 0.3) is 0 Å². The summed E-state index contributed by atoms with van der Waals surface area (Å²) in [4.78, 5) is 0. The molecule has 0 N–H and O–H groups in total. The standard InChI is InChI=1S/C4H6.2CH4/c1-3-4-2;;/h1H,4H2,2H3;2*1H4. The van der Waals surface area contributed by atoms with Gasteiger partial charge in [0, 0.05) is 6.42 Å². The molecule has 0 amide bonds. The number of hydrogen-bond acceptors (Lipinski definition) is 0. The van der Waals surface area contributed by atoms with Crippen LogP contribution < -0.4 is 0 Å². The first-order valence-corrected chi connectivity index (χ1v) is 1.35. The van der Waals surface area contributed by atoms with Crippen LogP contribution in [0.2, 0.25) is 0 Å². The van der Waals surface area contributed by atoms with Gasteiger partial charge < -0.3 is 0 Å². The zero-order chi connectivity index (χ0) is 3.41. The van der Waals surface area contributed by atoms with Gasteiger partial charge in [0.1, 0.15) is 0 Å². The third-order valence-electron chi connectivity index (χ3n) is 0.204. The minimum absolute atomic E-state index is 0. The lowest BCUT2D eigenvalue weighted by Gasteiger charge is -1.52. The van der Waals surface area contributed by atoms with Crippen molar-refractivity contribution in [2.24, 2.45) is 0 Å². The van der Waals surface area contributed by atoms with Crippen LogP contribution in [0.25, 0.3) is 0 Å². The Morgan fingerprint density at radius 3 is 1.67 bits per heavy atom. The Morgan fingerprint density at radius 1 is 1.50 bits per heavy atom. The third kappa shape index (κ3) is 74.4. The molecule has 0 aromatic heterocycles. The lowest BCUT2D eigenvalue weighted by Crippen LogP contribution is -1.38. The summed E-state index contributed by atoms with van der Waals surface area (Å²) < 4.78 is 0. The maximum absolute atomic E-state index is 4.78. The van der Waals surface area contributed by atoms with Crippen LogP contribution in [0.15, 0.2) is 0 Å². The number of hydrogen-bond donors (Lipinski definition) is 0. The average Bonchev–Trinajstić information content (AvgIpc) is 1.37. The summed E-state index contributed by atoms with van der Waals surface area (Å²) in [5, 5.41) is 0. The molecule has 0 aliphatic heterocycles. The van der Waals surface area contributed by atoms with E-state index in [1.165, 1.54) is 0 Å². The van der Waals surface area contributed by atoms with Gasteiger partial charge in [-0.05, 0) is 0 Å². The second-order valence-electron chi connectivity index (χ2n) is 0.558. The van der Waals surface area contributed by atoms with Crippen molar-refractivity contribution in [1.82, 2.24) is 0 Å². The van der Waals surface area contributed by atoms with E-state index in [0.29, 0.717) is 0 Å². The van der Waals surface area contributed by atoms with Gasteiger partial charge in [0.2, 0.25) is 0 Å². The first kappa shape index (κ1) is 17.6. The van der Waals surface area contributed by atoms with Gasteiger partial charge in [0.15, 0.2) is 0 Å². The first-order valence-electron chi connectivity index (χ1n) is 1.35. The van der Waals surface area contributed by atoms with Crippen molar-refractivity contribution < 1.29 is 0 Å². The van der Waals surface area contributed by atoms with E-state index < -0.39 is 0 Å². The molecule has 0 aliphatic carbocycles. The van der Waals surface area contributed by atoms with E-state index >= 15 is 0 Å². The van der Waals surface area contributed by atoms with Gasteiger partial charge in [0.05, 0.1) is 0 Å². The maximum Gasteiger partial charge on any atom is 0.00576 e. The van der Waals surface area contributed by atoms with Crippen molar-refractivity contribution in [1.29, 1.82) is 0 Å².